The second kappa shape index (κ2) is 7.19. The lowest BCUT2D eigenvalue weighted by molar-refractivity contribution is 0.393. The lowest BCUT2D eigenvalue weighted by Crippen LogP contribution is -2.23. The third-order valence-corrected chi connectivity index (χ3v) is 4.58. The molecule has 0 atom stereocenters. The summed E-state index contributed by atoms with van der Waals surface area (Å²) in [5, 5.41) is 11.5. The molecule has 4 aromatic rings. The quantitative estimate of drug-likeness (QED) is 0.576. The second-order valence-electron chi connectivity index (χ2n) is 6.76. The molecule has 0 fully saturated rings. The van der Waals surface area contributed by atoms with E-state index in [1.54, 1.807) is 9.25 Å². The van der Waals surface area contributed by atoms with E-state index in [9.17, 15) is 4.79 Å². The molecule has 0 aliphatic rings. The summed E-state index contributed by atoms with van der Waals surface area (Å²) in [5.74, 6) is 1.33. The summed E-state index contributed by atoms with van der Waals surface area (Å²) in [6.45, 7) is 4.23. The van der Waals surface area contributed by atoms with E-state index in [1.165, 1.54) is 0 Å². The predicted molar refractivity (Wildman–Crippen MR) is 108 cm³/mol. The monoisotopic (exact) mass is 375 g/mol. The fraction of sp³-hybridized carbons (Fsp3) is 0.190. The van der Waals surface area contributed by atoms with Crippen LogP contribution in [0.4, 0.5) is 11.5 Å². The van der Waals surface area contributed by atoms with Gasteiger partial charge in [0.15, 0.2) is 5.82 Å². The molecule has 0 bridgehead atoms. The molecule has 0 saturated heterocycles. The summed E-state index contributed by atoms with van der Waals surface area (Å²) in [4.78, 5) is 13.1. The van der Waals surface area contributed by atoms with Crippen LogP contribution in [-0.2, 0) is 13.6 Å². The van der Waals surface area contributed by atoms with Gasteiger partial charge in [-0.2, -0.15) is 5.10 Å². The number of anilines is 2. The third-order valence-electron chi connectivity index (χ3n) is 4.58. The Bertz CT molecular complexity index is 1150. The Kier molecular flexibility index (Phi) is 4.57. The van der Waals surface area contributed by atoms with E-state index in [0.29, 0.717) is 23.8 Å². The second-order valence-corrected chi connectivity index (χ2v) is 6.76. The zero-order valence-corrected chi connectivity index (χ0v) is 16.0. The molecule has 7 heteroatoms. The number of rotatable bonds is 5. The van der Waals surface area contributed by atoms with Crippen LogP contribution in [0.25, 0.3) is 11.1 Å². The average Bonchev–Trinajstić information content (AvgIpc) is 3.24. The summed E-state index contributed by atoms with van der Waals surface area (Å²) in [6.07, 6.45) is 3.68. The molecule has 0 radical (unpaired) electrons. The zero-order chi connectivity index (χ0) is 19.7. The zero-order valence-electron chi connectivity index (χ0n) is 16.0. The van der Waals surface area contributed by atoms with Gasteiger partial charge in [-0.05, 0) is 25.5 Å². The van der Waals surface area contributed by atoms with E-state index in [2.05, 4.69) is 15.6 Å². The highest BCUT2D eigenvalue weighted by Gasteiger charge is 2.16. The standard InChI is InChI=1S/C21H21N5O2/c1-14-20(15(2)28-24-14)17-11-18(22-19-9-10-25(3)23-19)21(27)26(13-17)12-16-7-5-4-6-8-16/h4-11,13H,12H2,1-3H3,(H,22,23). The van der Waals surface area contributed by atoms with Crippen LogP contribution in [0.15, 0.2) is 64.2 Å². The molecule has 4 rings (SSSR count). The molecule has 28 heavy (non-hydrogen) atoms. The Morgan fingerprint density at radius 1 is 1.14 bits per heavy atom. The summed E-state index contributed by atoms with van der Waals surface area (Å²) in [7, 11) is 1.83. The van der Waals surface area contributed by atoms with Gasteiger partial charge in [0.05, 0.1) is 12.2 Å². The number of pyridine rings is 1. The van der Waals surface area contributed by atoms with Gasteiger partial charge in [0.25, 0.3) is 5.56 Å². The van der Waals surface area contributed by atoms with Crippen molar-refractivity contribution in [3.05, 3.63) is 82.2 Å². The van der Waals surface area contributed by atoms with Crippen LogP contribution in [0.3, 0.4) is 0 Å². The highest BCUT2D eigenvalue weighted by Crippen LogP contribution is 2.28. The molecule has 0 aliphatic carbocycles. The lowest BCUT2D eigenvalue weighted by Gasteiger charge is -2.13. The van der Waals surface area contributed by atoms with Crippen molar-refractivity contribution < 1.29 is 4.52 Å². The Hall–Kier alpha value is -3.61. The Balaban J connectivity index is 1.83. The normalized spacial score (nSPS) is 11.0. The van der Waals surface area contributed by atoms with Gasteiger partial charge in [-0.1, -0.05) is 35.5 Å². The molecule has 0 amide bonds. The predicted octanol–water partition coefficient (Wildman–Crippen LogP) is 3.65. The number of aryl methyl sites for hydroxylation is 3. The molecule has 1 aromatic carbocycles. The fourth-order valence-corrected chi connectivity index (χ4v) is 3.27. The molecule has 0 spiro atoms. The number of nitrogens with zero attached hydrogens (tertiary/aromatic N) is 4. The first-order valence-corrected chi connectivity index (χ1v) is 8.99. The van der Waals surface area contributed by atoms with Gasteiger partial charge >= 0.3 is 0 Å². The SMILES string of the molecule is Cc1noc(C)c1-c1cc(Nc2ccn(C)n2)c(=O)n(Cc2ccccc2)c1. The van der Waals surface area contributed by atoms with Crippen molar-refractivity contribution in [2.75, 3.05) is 5.32 Å². The third kappa shape index (κ3) is 3.46. The topological polar surface area (TPSA) is 77.9 Å². The summed E-state index contributed by atoms with van der Waals surface area (Å²) >= 11 is 0. The van der Waals surface area contributed by atoms with Gasteiger partial charge in [-0.15, -0.1) is 0 Å². The lowest BCUT2D eigenvalue weighted by atomic mass is 10.1. The number of aromatic nitrogens is 4. The van der Waals surface area contributed by atoms with Crippen LogP contribution in [0.1, 0.15) is 17.0 Å². The molecule has 3 aromatic heterocycles. The van der Waals surface area contributed by atoms with Crippen molar-refractivity contribution in [3.8, 4) is 11.1 Å². The Morgan fingerprint density at radius 3 is 2.57 bits per heavy atom. The molecule has 142 valence electrons. The van der Waals surface area contributed by atoms with Crippen molar-refractivity contribution in [2.24, 2.45) is 7.05 Å². The van der Waals surface area contributed by atoms with E-state index in [4.69, 9.17) is 4.52 Å². The van der Waals surface area contributed by atoms with Gasteiger partial charge in [0, 0.05) is 36.6 Å². The molecule has 7 nitrogen and oxygen atoms in total. The van der Waals surface area contributed by atoms with Crippen LogP contribution >= 0.6 is 0 Å². The molecular weight excluding hydrogens is 354 g/mol. The largest absolute Gasteiger partial charge is 0.361 e. The summed E-state index contributed by atoms with van der Waals surface area (Å²) in [5.41, 5.74) is 3.92. The van der Waals surface area contributed by atoms with E-state index in [0.717, 1.165) is 22.4 Å². The maximum Gasteiger partial charge on any atom is 0.274 e. The van der Waals surface area contributed by atoms with Gasteiger partial charge in [0.2, 0.25) is 0 Å². The van der Waals surface area contributed by atoms with Crippen LogP contribution in [0.2, 0.25) is 0 Å². The van der Waals surface area contributed by atoms with Crippen LogP contribution in [0, 0.1) is 13.8 Å². The first-order chi connectivity index (χ1) is 13.5. The molecule has 1 N–H and O–H groups in total. The minimum atomic E-state index is -0.120. The van der Waals surface area contributed by atoms with E-state index < -0.39 is 0 Å². The number of nitrogens with one attached hydrogen (secondary N) is 1. The van der Waals surface area contributed by atoms with Crippen molar-refractivity contribution in [1.82, 2.24) is 19.5 Å². The van der Waals surface area contributed by atoms with Gasteiger partial charge in [0.1, 0.15) is 11.4 Å². The number of hydrogen-bond acceptors (Lipinski definition) is 5. The first-order valence-electron chi connectivity index (χ1n) is 8.99. The Morgan fingerprint density at radius 2 is 1.93 bits per heavy atom. The number of benzene rings is 1. The average molecular weight is 375 g/mol. The Labute approximate surface area is 162 Å². The summed E-state index contributed by atoms with van der Waals surface area (Å²) in [6, 6.07) is 13.5. The van der Waals surface area contributed by atoms with Crippen molar-refractivity contribution in [3.63, 3.8) is 0 Å². The number of hydrogen-bond donors (Lipinski definition) is 1. The van der Waals surface area contributed by atoms with Crippen LogP contribution in [-0.4, -0.2) is 19.5 Å². The van der Waals surface area contributed by atoms with Crippen molar-refractivity contribution in [2.45, 2.75) is 20.4 Å². The molecule has 0 unspecified atom stereocenters. The van der Waals surface area contributed by atoms with E-state index >= 15 is 0 Å². The van der Waals surface area contributed by atoms with E-state index in [-0.39, 0.29) is 5.56 Å². The highest BCUT2D eigenvalue weighted by atomic mass is 16.5. The van der Waals surface area contributed by atoms with Gasteiger partial charge in [-0.3, -0.25) is 9.48 Å². The molecular formula is C21H21N5O2. The fourth-order valence-electron chi connectivity index (χ4n) is 3.27. The molecule has 0 saturated carbocycles. The maximum absolute atomic E-state index is 13.1. The van der Waals surface area contributed by atoms with Crippen LogP contribution < -0.4 is 10.9 Å². The van der Waals surface area contributed by atoms with Gasteiger partial charge in [-0.25, -0.2) is 0 Å². The molecule has 3 heterocycles. The minimum absolute atomic E-state index is 0.120. The van der Waals surface area contributed by atoms with E-state index in [1.807, 2.05) is 75.8 Å². The molecule has 0 aliphatic heterocycles. The van der Waals surface area contributed by atoms with Gasteiger partial charge < -0.3 is 14.4 Å². The van der Waals surface area contributed by atoms with Crippen molar-refractivity contribution >= 4 is 11.5 Å². The first kappa shape index (κ1) is 17.8. The summed E-state index contributed by atoms with van der Waals surface area (Å²) < 4.78 is 8.71. The smallest absolute Gasteiger partial charge is 0.274 e. The minimum Gasteiger partial charge on any atom is -0.361 e. The highest BCUT2D eigenvalue weighted by molar-refractivity contribution is 5.71. The van der Waals surface area contributed by atoms with Crippen LogP contribution in [0.5, 0.6) is 0 Å². The maximum atomic E-state index is 13.1. The van der Waals surface area contributed by atoms with Crippen molar-refractivity contribution in [1.29, 1.82) is 0 Å².